The molecule has 0 unspecified atom stereocenters. The molecule has 2 aromatic heterocycles. The van der Waals surface area contributed by atoms with Crippen LogP contribution < -0.4 is 14.5 Å². The van der Waals surface area contributed by atoms with E-state index in [2.05, 4.69) is 178 Å². The quantitative estimate of drug-likeness (QED) is 0.168. The maximum Gasteiger partial charge on any atom is 0.137 e. The molecule has 0 saturated heterocycles. The van der Waals surface area contributed by atoms with Gasteiger partial charge in [0.05, 0.1) is 22.4 Å². The van der Waals surface area contributed by atoms with Crippen molar-refractivity contribution in [2.75, 3.05) is 16.5 Å². The maximum atomic E-state index is 6.63. The topological polar surface area (TPSA) is 33.5 Å². The Balaban J connectivity index is 1.01. The summed E-state index contributed by atoms with van der Waals surface area (Å²) in [7, 11) is 0. The molecule has 0 radical (unpaired) electrons. The fourth-order valence-corrected chi connectivity index (χ4v) is 7.62. The first-order valence-electron chi connectivity index (χ1n) is 17.9. The third-order valence-corrected chi connectivity index (χ3v) is 10.1. The first-order valence-corrected chi connectivity index (χ1v) is 17.9. The third kappa shape index (κ3) is 5.56. The molecule has 3 heterocycles. The van der Waals surface area contributed by atoms with E-state index >= 15 is 0 Å². The van der Waals surface area contributed by atoms with Crippen molar-refractivity contribution in [1.29, 1.82) is 0 Å². The highest BCUT2D eigenvalue weighted by molar-refractivity contribution is 6.09. The number of para-hydroxylation sites is 3. The van der Waals surface area contributed by atoms with Crippen molar-refractivity contribution >= 4 is 44.6 Å². The largest absolute Gasteiger partial charge is 0.457 e. The summed E-state index contributed by atoms with van der Waals surface area (Å²) >= 11 is 0. The number of ether oxygens (including phenoxy) is 1. The van der Waals surface area contributed by atoms with E-state index in [1.807, 2.05) is 30.5 Å². The number of nitrogens with zero attached hydrogens (tertiary/aromatic N) is 4. The summed E-state index contributed by atoms with van der Waals surface area (Å²) in [6.45, 7) is 0.658. The molecule has 0 bridgehead atoms. The number of hydrogen-bond acceptors (Lipinski definition) is 4. The lowest BCUT2D eigenvalue weighted by molar-refractivity contribution is 0.483. The number of pyridine rings is 1. The second-order valence-corrected chi connectivity index (χ2v) is 13.3. The first kappa shape index (κ1) is 30.7. The Labute approximate surface area is 308 Å². The normalized spacial score (nSPS) is 12.4. The Bertz CT molecular complexity index is 2680. The second-order valence-electron chi connectivity index (χ2n) is 13.3. The number of rotatable bonds is 7. The van der Waals surface area contributed by atoms with Gasteiger partial charge in [0, 0.05) is 40.5 Å². The Morgan fingerprint density at radius 3 is 1.75 bits per heavy atom. The number of benzene rings is 7. The average molecular weight is 683 g/mol. The predicted molar refractivity (Wildman–Crippen MR) is 218 cm³/mol. The van der Waals surface area contributed by atoms with Crippen LogP contribution in [0.5, 0.6) is 11.5 Å². The number of anilines is 4. The van der Waals surface area contributed by atoms with Crippen molar-refractivity contribution in [3.8, 4) is 39.6 Å². The van der Waals surface area contributed by atoms with Gasteiger partial charge in [-0.3, -0.25) is 4.57 Å². The fraction of sp³-hybridized carbons (Fsp3) is 0.0208. The van der Waals surface area contributed by atoms with E-state index in [4.69, 9.17) is 9.72 Å². The molecule has 0 aliphatic carbocycles. The lowest BCUT2D eigenvalue weighted by Crippen LogP contribution is -2.24. The monoisotopic (exact) mass is 682 g/mol. The molecule has 5 nitrogen and oxygen atoms in total. The van der Waals surface area contributed by atoms with Gasteiger partial charge in [-0.1, -0.05) is 103 Å². The standard InChI is InChI=1S/C48H34N4O/c1-3-14-34(15-4-1)36-28-37(35-16-5-2-6-17-35)30-39(29-36)51-33-50(45-22-9-10-23-46(45)51)38-18-13-19-40(31-38)53-41-25-26-43-42-20-7-8-21-44(42)52(47(43)32-41)48-24-11-12-27-49-48/h1-32H,33H2. The molecule has 0 atom stereocenters. The zero-order valence-corrected chi connectivity index (χ0v) is 28.9. The number of fused-ring (bicyclic) bond motifs is 4. The Morgan fingerprint density at radius 2 is 1.04 bits per heavy atom. The van der Waals surface area contributed by atoms with Gasteiger partial charge in [-0.2, -0.15) is 0 Å². The van der Waals surface area contributed by atoms with Gasteiger partial charge in [0.25, 0.3) is 0 Å². The van der Waals surface area contributed by atoms with E-state index < -0.39 is 0 Å². The lowest BCUT2D eigenvalue weighted by Gasteiger charge is -2.24. The molecule has 7 aromatic carbocycles. The van der Waals surface area contributed by atoms with Crippen LogP contribution in [-0.2, 0) is 0 Å². The van der Waals surface area contributed by atoms with Gasteiger partial charge < -0.3 is 14.5 Å². The third-order valence-electron chi connectivity index (χ3n) is 10.1. The van der Waals surface area contributed by atoms with Crippen LogP contribution in [0.15, 0.2) is 194 Å². The predicted octanol–water partition coefficient (Wildman–Crippen LogP) is 12.6. The SMILES string of the molecule is c1ccc(-c2cc(-c3ccccc3)cc(N3CN(c4cccc(Oc5ccc6c7ccccc7n(-c7ccccn7)c6c5)c4)c4ccccc43)c2)cc1. The van der Waals surface area contributed by atoms with Crippen LogP contribution in [0.25, 0.3) is 49.9 Å². The fourth-order valence-electron chi connectivity index (χ4n) is 7.62. The Morgan fingerprint density at radius 1 is 0.415 bits per heavy atom. The summed E-state index contributed by atoms with van der Waals surface area (Å²) in [6, 6.07) is 66.0. The first-order chi connectivity index (χ1) is 26.3. The van der Waals surface area contributed by atoms with Gasteiger partial charge in [-0.15, -0.1) is 0 Å². The van der Waals surface area contributed by atoms with Gasteiger partial charge in [-0.05, 0) is 95.1 Å². The second kappa shape index (κ2) is 12.9. The molecule has 0 amide bonds. The van der Waals surface area contributed by atoms with Crippen LogP contribution in [0.2, 0.25) is 0 Å². The average Bonchev–Trinajstić information content (AvgIpc) is 3.78. The Hall–Kier alpha value is -7.11. The van der Waals surface area contributed by atoms with E-state index in [1.165, 1.54) is 27.6 Å². The summed E-state index contributed by atoms with van der Waals surface area (Å²) in [5.74, 6) is 2.42. The van der Waals surface area contributed by atoms with Gasteiger partial charge in [-0.25, -0.2) is 4.98 Å². The van der Waals surface area contributed by atoms with E-state index in [-0.39, 0.29) is 0 Å². The van der Waals surface area contributed by atoms with Crippen LogP contribution in [-0.4, -0.2) is 16.2 Å². The molecule has 9 aromatic rings. The summed E-state index contributed by atoms with van der Waals surface area (Å²) in [5.41, 5.74) is 11.4. The summed E-state index contributed by atoms with van der Waals surface area (Å²) in [4.78, 5) is 9.46. The molecule has 5 heteroatoms. The highest BCUT2D eigenvalue weighted by Gasteiger charge is 2.28. The van der Waals surface area contributed by atoms with Gasteiger partial charge in [0.15, 0.2) is 0 Å². The molecular formula is C48H34N4O. The molecular weight excluding hydrogens is 649 g/mol. The molecule has 0 N–H and O–H groups in total. The highest BCUT2D eigenvalue weighted by atomic mass is 16.5. The number of hydrogen-bond donors (Lipinski definition) is 0. The van der Waals surface area contributed by atoms with Crippen LogP contribution in [0.3, 0.4) is 0 Å². The Kier molecular flexibility index (Phi) is 7.47. The molecule has 0 fully saturated rings. The summed E-state index contributed by atoms with van der Waals surface area (Å²) < 4.78 is 8.84. The molecule has 10 rings (SSSR count). The van der Waals surface area contributed by atoms with E-state index in [0.29, 0.717) is 6.67 Å². The van der Waals surface area contributed by atoms with Gasteiger partial charge in [0.1, 0.15) is 24.0 Å². The van der Waals surface area contributed by atoms with Gasteiger partial charge in [0.2, 0.25) is 0 Å². The van der Waals surface area contributed by atoms with Crippen molar-refractivity contribution in [3.63, 3.8) is 0 Å². The molecule has 1 aliphatic heterocycles. The van der Waals surface area contributed by atoms with Crippen molar-refractivity contribution in [2.45, 2.75) is 0 Å². The number of aromatic nitrogens is 2. The molecule has 0 spiro atoms. The smallest absolute Gasteiger partial charge is 0.137 e. The minimum atomic E-state index is 0.658. The van der Waals surface area contributed by atoms with E-state index in [0.717, 1.165) is 56.5 Å². The van der Waals surface area contributed by atoms with Crippen LogP contribution in [0.1, 0.15) is 0 Å². The zero-order chi connectivity index (χ0) is 35.1. The van der Waals surface area contributed by atoms with Crippen LogP contribution >= 0.6 is 0 Å². The molecule has 1 aliphatic rings. The zero-order valence-electron chi connectivity index (χ0n) is 28.9. The van der Waals surface area contributed by atoms with Crippen molar-refractivity contribution in [1.82, 2.24) is 9.55 Å². The van der Waals surface area contributed by atoms with Crippen molar-refractivity contribution in [3.05, 3.63) is 194 Å². The minimum absolute atomic E-state index is 0.658. The van der Waals surface area contributed by atoms with Crippen molar-refractivity contribution in [2.24, 2.45) is 0 Å². The maximum absolute atomic E-state index is 6.63. The highest BCUT2D eigenvalue weighted by Crippen LogP contribution is 2.46. The van der Waals surface area contributed by atoms with E-state index in [9.17, 15) is 0 Å². The van der Waals surface area contributed by atoms with Crippen molar-refractivity contribution < 1.29 is 4.74 Å². The van der Waals surface area contributed by atoms with Crippen LogP contribution in [0.4, 0.5) is 22.7 Å². The van der Waals surface area contributed by atoms with Crippen LogP contribution in [0, 0.1) is 0 Å². The van der Waals surface area contributed by atoms with Gasteiger partial charge >= 0.3 is 0 Å². The van der Waals surface area contributed by atoms with E-state index in [1.54, 1.807) is 0 Å². The minimum Gasteiger partial charge on any atom is -0.457 e. The molecule has 252 valence electrons. The summed E-state index contributed by atoms with van der Waals surface area (Å²) in [5, 5.41) is 2.34. The lowest BCUT2D eigenvalue weighted by atomic mass is 9.97. The molecule has 53 heavy (non-hydrogen) atoms. The molecule has 0 saturated carbocycles. The summed E-state index contributed by atoms with van der Waals surface area (Å²) in [6.07, 6.45) is 1.83.